The summed E-state index contributed by atoms with van der Waals surface area (Å²) in [7, 11) is 0. The standard InChI is InChI=1S/C11H11F3O3S/c1-7-6-8(2-3-9(7)10(15)16)17-4-5-18-11(12,13)14/h2-3,6H,4-5H2,1H3,(H,15,16). The number of aryl methyl sites for hydroxylation is 1. The molecule has 0 heterocycles. The van der Waals surface area contributed by atoms with E-state index in [1.807, 2.05) is 0 Å². The van der Waals surface area contributed by atoms with Crippen LogP contribution in [0, 0.1) is 6.92 Å². The van der Waals surface area contributed by atoms with E-state index in [4.69, 9.17) is 9.84 Å². The molecule has 0 aromatic heterocycles. The van der Waals surface area contributed by atoms with Gasteiger partial charge in [0.05, 0.1) is 12.2 Å². The summed E-state index contributed by atoms with van der Waals surface area (Å²) >= 11 is -0.154. The van der Waals surface area contributed by atoms with Crippen molar-refractivity contribution in [3.63, 3.8) is 0 Å². The van der Waals surface area contributed by atoms with Gasteiger partial charge in [-0.25, -0.2) is 4.79 Å². The first kappa shape index (κ1) is 14.7. The number of hydrogen-bond donors (Lipinski definition) is 1. The molecule has 0 aliphatic rings. The highest BCUT2D eigenvalue weighted by molar-refractivity contribution is 8.00. The Bertz CT molecular complexity index is 432. The predicted octanol–water partition coefficient (Wildman–Crippen LogP) is 3.33. The molecule has 0 aliphatic carbocycles. The highest BCUT2D eigenvalue weighted by atomic mass is 32.2. The van der Waals surface area contributed by atoms with E-state index in [0.717, 1.165) is 0 Å². The van der Waals surface area contributed by atoms with Gasteiger partial charge in [0.2, 0.25) is 0 Å². The average Bonchev–Trinajstić information content (AvgIpc) is 2.22. The first-order chi connectivity index (χ1) is 8.29. The van der Waals surface area contributed by atoms with Crippen molar-refractivity contribution in [3.8, 4) is 5.75 Å². The summed E-state index contributed by atoms with van der Waals surface area (Å²) in [5.74, 6) is -0.893. The number of aromatic carboxylic acids is 1. The summed E-state index contributed by atoms with van der Waals surface area (Å²) in [6, 6.07) is 4.28. The quantitative estimate of drug-likeness (QED) is 0.840. The second kappa shape index (κ2) is 5.99. The van der Waals surface area contributed by atoms with Crippen molar-refractivity contribution >= 4 is 17.7 Å². The smallest absolute Gasteiger partial charge is 0.441 e. The van der Waals surface area contributed by atoms with E-state index in [1.54, 1.807) is 6.92 Å². The molecule has 100 valence electrons. The molecule has 0 amide bonds. The molecule has 7 heteroatoms. The van der Waals surface area contributed by atoms with Crippen LogP contribution >= 0.6 is 11.8 Å². The first-order valence-corrected chi connectivity index (χ1v) is 5.95. The number of carboxylic acid groups (broad SMARTS) is 1. The Labute approximate surface area is 106 Å². The van der Waals surface area contributed by atoms with E-state index in [9.17, 15) is 18.0 Å². The molecule has 18 heavy (non-hydrogen) atoms. The largest absolute Gasteiger partial charge is 0.493 e. The van der Waals surface area contributed by atoms with E-state index < -0.39 is 11.5 Å². The minimum Gasteiger partial charge on any atom is -0.493 e. The lowest BCUT2D eigenvalue weighted by Crippen LogP contribution is -2.08. The van der Waals surface area contributed by atoms with Crippen LogP contribution in [0.5, 0.6) is 5.75 Å². The molecular weight excluding hydrogens is 269 g/mol. The summed E-state index contributed by atoms with van der Waals surface area (Å²) in [5.41, 5.74) is -3.61. The van der Waals surface area contributed by atoms with Crippen molar-refractivity contribution in [1.82, 2.24) is 0 Å². The van der Waals surface area contributed by atoms with Crippen molar-refractivity contribution in [2.75, 3.05) is 12.4 Å². The van der Waals surface area contributed by atoms with Gasteiger partial charge in [-0.3, -0.25) is 0 Å². The fraction of sp³-hybridized carbons (Fsp3) is 0.364. The van der Waals surface area contributed by atoms with Crippen LogP contribution in [-0.2, 0) is 0 Å². The molecule has 0 unspecified atom stereocenters. The molecule has 0 bridgehead atoms. The normalized spacial score (nSPS) is 11.3. The van der Waals surface area contributed by atoms with Crippen molar-refractivity contribution in [1.29, 1.82) is 0 Å². The molecule has 0 atom stereocenters. The Morgan fingerprint density at radius 3 is 2.61 bits per heavy atom. The molecule has 1 N–H and O–H groups in total. The van der Waals surface area contributed by atoms with E-state index in [-0.39, 0.29) is 29.7 Å². The van der Waals surface area contributed by atoms with E-state index in [2.05, 4.69) is 0 Å². The zero-order chi connectivity index (χ0) is 13.8. The predicted molar refractivity (Wildman–Crippen MR) is 62.1 cm³/mol. The van der Waals surface area contributed by atoms with Crippen molar-refractivity contribution < 1.29 is 27.8 Å². The van der Waals surface area contributed by atoms with Crippen LogP contribution in [0.1, 0.15) is 15.9 Å². The molecule has 0 radical (unpaired) electrons. The number of halogens is 3. The van der Waals surface area contributed by atoms with Gasteiger partial charge in [-0.1, -0.05) is 0 Å². The van der Waals surface area contributed by atoms with E-state index >= 15 is 0 Å². The van der Waals surface area contributed by atoms with Crippen LogP contribution in [0.4, 0.5) is 13.2 Å². The first-order valence-electron chi connectivity index (χ1n) is 4.97. The Balaban J connectivity index is 2.49. The van der Waals surface area contributed by atoms with Crippen LogP contribution in [0.15, 0.2) is 18.2 Å². The maximum atomic E-state index is 11.8. The van der Waals surface area contributed by atoms with Crippen LogP contribution in [0.2, 0.25) is 0 Å². The average molecular weight is 280 g/mol. The van der Waals surface area contributed by atoms with Crippen molar-refractivity contribution in [2.24, 2.45) is 0 Å². The summed E-state index contributed by atoms with van der Waals surface area (Å²) in [6.45, 7) is 1.51. The lowest BCUT2D eigenvalue weighted by molar-refractivity contribution is -0.0329. The van der Waals surface area contributed by atoms with Crippen LogP contribution in [0.3, 0.4) is 0 Å². The fourth-order valence-corrected chi connectivity index (χ4v) is 1.68. The molecule has 3 nitrogen and oxygen atoms in total. The molecule has 1 rings (SSSR count). The number of rotatable bonds is 5. The van der Waals surface area contributed by atoms with Gasteiger partial charge >= 0.3 is 11.5 Å². The molecule has 1 aromatic carbocycles. The monoisotopic (exact) mass is 280 g/mol. The Kier molecular flexibility index (Phi) is 4.89. The third-order valence-electron chi connectivity index (χ3n) is 2.05. The number of carboxylic acids is 1. The summed E-state index contributed by atoms with van der Waals surface area (Å²) in [4.78, 5) is 10.7. The van der Waals surface area contributed by atoms with Crippen molar-refractivity contribution in [2.45, 2.75) is 12.4 Å². The summed E-state index contributed by atoms with van der Waals surface area (Å²) in [5, 5.41) is 8.79. The minimum absolute atomic E-state index is 0.0873. The van der Waals surface area contributed by atoms with Gasteiger partial charge in [0.15, 0.2) is 0 Å². The lowest BCUT2D eigenvalue weighted by atomic mass is 10.1. The van der Waals surface area contributed by atoms with Crippen molar-refractivity contribution in [3.05, 3.63) is 29.3 Å². The zero-order valence-electron chi connectivity index (χ0n) is 9.45. The Morgan fingerprint density at radius 1 is 1.44 bits per heavy atom. The summed E-state index contributed by atoms with van der Waals surface area (Å²) < 4.78 is 40.6. The van der Waals surface area contributed by atoms with Gasteiger partial charge in [-0.2, -0.15) is 13.2 Å². The van der Waals surface area contributed by atoms with Gasteiger partial charge in [0.1, 0.15) is 5.75 Å². The molecular formula is C11H11F3O3S. The molecule has 0 saturated heterocycles. The Morgan fingerprint density at radius 2 is 2.11 bits per heavy atom. The number of hydrogen-bond acceptors (Lipinski definition) is 3. The number of alkyl halides is 3. The van der Waals surface area contributed by atoms with Gasteiger partial charge in [-0.15, -0.1) is 0 Å². The maximum absolute atomic E-state index is 11.8. The second-order valence-electron chi connectivity index (χ2n) is 3.42. The highest BCUT2D eigenvalue weighted by Crippen LogP contribution is 2.29. The maximum Gasteiger partial charge on any atom is 0.441 e. The van der Waals surface area contributed by atoms with Gasteiger partial charge in [-0.05, 0) is 42.4 Å². The summed E-state index contributed by atoms with van der Waals surface area (Å²) in [6.07, 6.45) is 0. The zero-order valence-corrected chi connectivity index (χ0v) is 10.3. The second-order valence-corrected chi connectivity index (χ2v) is 4.58. The van der Waals surface area contributed by atoms with Crippen LogP contribution in [0.25, 0.3) is 0 Å². The van der Waals surface area contributed by atoms with E-state index in [0.29, 0.717) is 11.3 Å². The number of carbonyl (C=O) groups is 1. The van der Waals surface area contributed by atoms with Crippen LogP contribution in [-0.4, -0.2) is 28.9 Å². The number of ether oxygens (including phenoxy) is 1. The van der Waals surface area contributed by atoms with E-state index in [1.165, 1.54) is 18.2 Å². The Hall–Kier alpha value is -1.37. The fourth-order valence-electron chi connectivity index (χ4n) is 1.28. The van der Waals surface area contributed by atoms with Gasteiger partial charge < -0.3 is 9.84 Å². The minimum atomic E-state index is -4.26. The topological polar surface area (TPSA) is 46.5 Å². The van der Waals surface area contributed by atoms with Crippen LogP contribution < -0.4 is 4.74 Å². The number of benzene rings is 1. The lowest BCUT2D eigenvalue weighted by Gasteiger charge is -2.09. The molecule has 1 aromatic rings. The third kappa shape index (κ3) is 4.87. The number of thioether (sulfide) groups is 1. The molecule has 0 spiro atoms. The van der Waals surface area contributed by atoms with Gasteiger partial charge in [0, 0.05) is 5.75 Å². The molecule has 0 fully saturated rings. The molecule has 0 saturated carbocycles. The highest BCUT2D eigenvalue weighted by Gasteiger charge is 2.27. The van der Waals surface area contributed by atoms with Gasteiger partial charge in [0.25, 0.3) is 0 Å². The molecule has 0 aliphatic heterocycles. The SMILES string of the molecule is Cc1cc(OCCSC(F)(F)F)ccc1C(=O)O. The third-order valence-corrected chi connectivity index (χ3v) is 2.74.